The first-order chi connectivity index (χ1) is 10.2. The van der Waals surface area contributed by atoms with E-state index in [1.807, 2.05) is 20.8 Å². The molecule has 0 aliphatic rings. The summed E-state index contributed by atoms with van der Waals surface area (Å²) in [7, 11) is 0. The maximum absolute atomic E-state index is 11.5. The third-order valence-electron chi connectivity index (χ3n) is 2.57. The summed E-state index contributed by atoms with van der Waals surface area (Å²) >= 11 is 0. The van der Waals surface area contributed by atoms with Gasteiger partial charge in [0.15, 0.2) is 0 Å². The Morgan fingerprint density at radius 3 is 2.64 bits per heavy atom. The van der Waals surface area contributed by atoms with Crippen LogP contribution in [0.4, 0.5) is 11.4 Å². The second kappa shape index (κ2) is 7.46. The molecule has 118 valence electrons. The fourth-order valence-electron chi connectivity index (χ4n) is 1.65. The predicted octanol–water partition coefficient (Wildman–Crippen LogP) is 3.04. The summed E-state index contributed by atoms with van der Waals surface area (Å²) in [6.45, 7) is 5.46. The first kappa shape index (κ1) is 17.5. The minimum atomic E-state index is -0.506. The Morgan fingerprint density at radius 1 is 1.41 bits per heavy atom. The number of benzene rings is 1. The normalized spacial score (nSPS) is 10.5. The molecule has 6 nitrogen and oxygen atoms in total. The molecule has 0 amide bonds. The summed E-state index contributed by atoms with van der Waals surface area (Å²) in [5.74, 6) is 5.51. The van der Waals surface area contributed by atoms with Gasteiger partial charge in [0, 0.05) is 30.5 Å². The molecule has 0 saturated heterocycles. The average molecular weight is 304 g/mol. The summed E-state index contributed by atoms with van der Waals surface area (Å²) in [5.41, 5.74) is 5.99. The van der Waals surface area contributed by atoms with Crippen molar-refractivity contribution in [2.24, 2.45) is 0 Å². The van der Waals surface area contributed by atoms with Crippen LogP contribution >= 0.6 is 0 Å². The molecule has 0 unspecified atom stereocenters. The number of hydrogen-bond donors (Lipinski definition) is 1. The van der Waals surface area contributed by atoms with Crippen LogP contribution in [0.5, 0.6) is 0 Å². The summed E-state index contributed by atoms with van der Waals surface area (Å²) < 4.78 is 5.19. The van der Waals surface area contributed by atoms with Crippen molar-refractivity contribution in [3.8, 4) is 11.8 Å². The first-order valence-electron chi connectivity index (χ1n) is 6.93. The van der Waals surface area contributed by atoms with Gasteiger partial charge in [0.25, 0.3) is 5.69 Å². The van der Waals surface area contributed by atoms with Gasteiger partial charge in [0.2, 0.25) is 0 Å². The topological polar surface area (TPSA) is 95.5 Å². The van der Waals surface area contributed by atoms with Gasteiger partial charge >= 0.3 is 5.97 Å². The number of hydrogen-bond acceptors (Lipinski definition) is 5. The van der Waals surface area contributed by atoms with Crippen molar-refractivity contribution in [1.82, 2.24) is 0 Å². The molecule has 0 saturated carbocycles. The van der Waals surface area contributed by atoms with Gasteiger partial charge in [-0.25, -0.2) is 0 Å². The number of carbonyl (C=O) groups is 1. The van der Waals surface area contributed by atoms with E-state index in [1.165, 1.54) is 18.2 Å². The van der Waals surface area contributed by atoms with Crippen molar-refractivity contribution in [3.05, 3.63) is 33.9 Å². The minimum absolute atomic E-state index is 0.0621. The lowest BCUT2D eigenvalue weighted by atomic mass is 10.1. The molecule has 1 aromatic carbocycles. The third kappa shape index (κ3) is 6.27. The van der Waals surface area contributed by atoms with Gasteiger partial charge in [-0.3, -0.25) is 14.9 Å². The van der Waals surface area contributed by atoms with Crippen molar-refractivity contribution >= 4 is 17.3 Å². The molecule has 1 aromatic rings. The van der Waals surface area contributed by atoms with Crippen LogP contribution in [0, 0.1) is 22.0 Å². The number of carbonyl (C=O) groups excluding carboxylic acids is 1. The lowest BCUT2D eigenvalue weighted by Gasteiger charge is -2.19. The monoisotopic (exact) mass is 304 g/mol. The Balaban J connectivity index is 2.48. The molecular formula is C16H20N2O4. The molecule has 1 rings (SSSR count). The number of nitrogens with zero attached hydrogens (tertiary/aromatic N) is 1. The van der Waals surface area contributed by atoms with Crippen LogP contribution in [0.3, 0.4) is 0 Å². The Morgan fingerprint density at radius 2 is 2.09 bits per heavy atom. The van der Waals surface area contributed by atoms with Gasteiger partial charge in [-0.1, -0.05) is 11.8 Å². The molecule has 0 spiro atoms. The second-order valence-corrected chi connectivity index (χ2v) is 5.77. The van der Waals surface area contributed by atoms with Crippen LogP contribution < -0.4 is 5.73 Å². The van der Waals surface area contributed by atoms with Crippen molar-refractivity contribution in [2.45, 2.75) is 45.6 Å². The van der Waals surface area contributed by atoms with Gasteiger partial charge in [-0.2, -0.15) is 0 Å². The fourth-order valence-corrected chi connectivity index (χ4v) is 1.65. The summed E-state index contributed by atoms with van der Waals surface area (Å²) in [5, 5.41) is 10.6. The van der Waals surface area contributed by atoms with E-state index in [4.69, 9.17) is 10.5 Å². The van der Waals surface area contributed by atoms with Crippen molar-refractivity contribution in [3.63, 3.8) is 0 Å². The molecule has 0 radical (unpaired) electrons. The third-order valence-corrected chi connectivity index (χ3v) is 2.57. The van der Waals surface area contributed by atoms with Gasteiger partial charge in [-0.15, -0.1) is 0 Å². The molecule has 22 heavy (non-hydrogen) atoms. The quantitative estimate of drug-likeness (QED) is 0.230. The van der Waals surface area contributed by atoms with Crippen molar-refractivity contribution < 1.29 is 14.5 Å². The molecular weight excluding hydrogens is 284 g/mol. The van der Waals surface area contributed by atoms with Crippen LogP contribution in [0.1, 0.15) is 45.6 Å². The van der Waals surface area contributed by atoms with E-state index in [0.29, 0.717) is 24.8 Å². The highest BCUT2D eigenvalue weighted by atomic mass is 16.6. The molecule has 0 atom stereocenters. The first-order valence-corrected chi connectivity index (χ1v) is 6.93. The smallest absolute Gasteiger partial charge is 0.306 e. The maximum atomic E-state index is 11.5. The standard InChI is InChI=1S/C16H20N2O4/c1-16(2,3)22-15(19)8-6-4-5-7-12-9-10-13(18(20)21)11-14(12)17/h9-11H,4,6,8,17H2,1-3H3. The van der Waals surface area contributed by atoms with Gasteiger partial charge in [0.1, 0.15) is 5.60 Å². The summed E-state index contributed by atoms with van der Waals surface area (Å²) in [6, 6.07) is 4.17. The molecule has 0 aliphatic carbocycles. The number of nitro groups is 1. The van der Waals surface area contributed by atoms with Crippen LogP contribution in [-0.2, 0) is 9.53 Å². The Bertz CT molecular complexity index is 621. The molecule has 0 bridgehead atoms. The molecule has 0 heterocycles. The van der Waals surface area contributed by atoms with E-state index in [2.05, 4.69) is 11.8 Å². The number of anilines is 1. The number of nitro benzene ring substituents is 1. The Kier molecular flexibility index (Phi) is 5.93. The maximum Gasteiger partial charge on any atom is 0.306 e. The second-order valence-electron chi connectivity index (χ2n) is 5.77. The zero-order valence-electron chi connectivity index (χ0n) is 13.0. The van der Waals surface area contributed by atoms with E-state index in [-0.39, 0.29) is 17.3 Å². The zero-order valence-corrected chi connectivity index (χ0v) is 13.0. The SMILES string of the molecule is CC(C)(C)OC(=O)CCCC#Cc1ccc([N+](=O)[O-])cc1N. The lowest BCUT2D eigenvalue weighted by molar-refractivity contribution is -0.384. The lowest BCUT2D eigenvalue weighted by Crippen LogP contribution is -2.23. The number of nitrogen functional groups attached to an aromatic ring is 1. The summed E-state index contributed by atoms with van der Waals surface area (Å²) in [4.78, 5) is 21.6. The van der Waals surface area contributed by atoms with E-state index in [1.54, 1.807) is 0 Å². The predicted molar refractivity (Wildman–Crippen MR) is 84.1 cm³/mol. The molecule has 2 N–H and O–H groups in total. The van der Waals surface area contributed by atoms with E-state index in [9.17, 15) is 14.9 Å². The van der Waals surface area contributed by atoms with Gasteiger partial charge in [0.05, 0.1) is 10.6 Å². The number of ether oxygens (including phenoxy) is 1. The highest BCUT2D eigenvalue weighted by Crippen LogP contribution is 2.18. The van der Waals surface area contributed by atoms with Gasteiger partial charge < -0.3 is 10.5 Å². The number of rotatable bonds is 4. The molecule has 6 heteroatoms. The van der Waals surface area contributed by atoms with Crippen LogP contribution in [-0.4, -0.2) is 16.5 Å². The van der Waals surface area contributed by atoms with Crippen LogP contribution in [0.15, 0.2) is 18.2 Å². The summed E-state index contributed by atoms with van der Waals surface area (Å²) in [6.07, 6.45) is 1.42. The molecule has 0 aromatic heterocycles. The van der Waals surface area contributed by atoms with E-state index < -0.39 is 10.5 Å². The van der Waals surface area contributed by atoms with Gasteiger partial charge in [-0.05, 0) is 33.3 Å². The Hall–Kier alpha value is -2.55. The molecule has 0 aliphatic heterocycles. The minimum Gasteiger partial charge on any atom is -0.460 e. The number of nitrogens with two attached hydrogens (primary N) is 1. The Labute approximate surface area is 129 Å². The van der Waals surface area contributed by atoms with Crippen LogP contribution in [0.25, 0.3) is 0 Å². The highest BCUT2D eigenvalue weighted by Gasteiger charge is 2.15. The number of esters is 1. The van der Waals surface area contributed by atoms with Crippen LogP contribution in [0.2, 0.25) is 0 Å². The molecule has 0 fully saturated rings. The fraction of sp³-hybridized carbons (Fsp3) is 0.438. The van der Waals surface area contributed by atoms with E-state index in [0.717, 1.165) is 0 Å². The highest BCUT2D eigenvalue weighted by molar-refractivity contribution is 5.69. The largest absolute Gasteiger partial charge is 0.460 e. The number of non-ortho nitro benzene ring substituents is 1. The zero-order chi connectivity index (χ0) is 16.8. The van der Waals surface area contributed by atoms with Crippen molar-refractivity contribution in [2.75, 3.05) is 5.73 Å². The average Bonchev–Trinajstić information content (AvgIpc) is 2.37. The van der Waals surface area contributed by atoms with E-state index >= 15 is 0 Å². The van der Waals surface area contributed by atoms with Crippen molar-refractivity contribution in [1.29, 1.82) is 0 Å². The number of unbranched alkanes of at least 4 members (excludes halogenated alkanes) is 1.